The number of hydrogen-bond acceptors (Lipinski definition) is 3. The number of carbonyl (C=O) groups is 2. The highest BCUT2D eigenvalue weighted by Gasteiger charge is 2.34. The van der Waals surface area contributed by atoms with Gasteiger partial charge in [-0.05, 0) is 6.42 Å². The molecule has 0 bridgehead atoms. The Hall–Kier alpha value is -1.10. The summed E-state index contributed by atoms with van der Waals surface area (Å²) in [6.07, 6.45) is 1.23. The molecule has 1 atom stereocenters. The van der Waals surface area contributed by atoms with E-state index in [0.717, 1.165) is 6.42 Å². The van der Waals surface area contributed by atoms with Crippen LogP contribution in [0.25, 0.3) is 0 Å². The Kier molecular flexibility index (Phi) is 4.40. The maximum absolute atomic E-state index is 10.8. The molecule has 1 unspecified atom stereocenters. The average molecular weight is 188 g/mol. The van der Waals surface area contributed by atoms with Crippen LogP contribution < -0.4 is 11.5 Å². The van der Waals surface area contributed by atoms with Crippen molar-refractivity contribution in [3.8, 4) is 0 Å². The van der Waals surface area contributed by atoms with Gasteiger partial charge in [-0.3, -0.25) is 9.59 Å². The third-order valence-corrected chi connectivity index (χ3v) is 1.87. The number of nitrogens with two attached hydrogens (primary N) is 2. The fraction of sp³-hybridized carbons (Fsp3) is 0.750. The molecule has 2 amide bonds. The maximum atomic E-state index is 10.8. The molecule has 0 aliphatic carbocycles. The van der Waals surface area contributed by atoms with Gasteiger partial charge >= 0.3 is 0 Å². The van der Waals surface area contributed by atoms with E-state index in [2.05, 4.69) is 0 Å². The zero-order valence-electron chi connectivity index (χ0n) is 7.75. The van der Waals surface area contributed by atoms with Crippen LogP contribution in [-0.4, -0.2) is 22.5 Å². The highest BCUT2D eigenvalue weighted by atomic mass is 16.3. The van der Waals surface area contributed by atoms with Crippen molar-refractivity contribution in [3.05, 3.63) is 0 Å². The molecule has 0 rings (SSSR count). The zero-order valence-corrected chi connectivity index (χ0v) is 7.75. The largest absolute Gasteiger partial charge is 0.379 e. The van der Waals surface area contributed by atoms with E-state index in [9.17, 15) is 14.7 Å². The molecule has 76 valence electrons. The highest BCUT2D eigenvalue weighted by molar-refractivity contribution is 5.89. The zero-order chi connectivity index (χ0) is 10.5. The minimum atomic E-state index is -1.76. The summed E-state index contributed by atoms with van der Waals surface area (Å²) in [4.78, 5) is 21.4. The van der Waals surface area contributed by atoms with Gasteiger partial charge in [0, 0.05) is 0 Å². The van der Waals surface area contributed by atoms with Gasteiger partial charge in [-0.15, -0.1) is 0 Å². The lowest BCUT2D eigenvalue weighted by Crippen LogP contribution is -2.46. The van der Waals surface area contributed by atoms with Gasteiger partial charge < -0.3 is 16.6 Å². The first-order valence-electron chi connectivity index (χ1n) is 4.23. The SMILES string of the molecule is CCCCC(O)(CC(N)=O)C(N)=O. The van der Waals surface area contributed by atoms with E-state index in [1.807, 2.05) is 6.92 Å². The summed E-state index contributed by atoms with van der Waals surface area (Å²) in [5, 5.41) is 9.61. The molecule has 0 aliphatic heterocycles. The van der Waals surface area contributed by atoms with E-state index in [-0.39, 0.29) is 6.42 Å². The van der Waals surface area contributed by atoms with Crippen molar-refractivity contribution in [3.63, 3.8) is 0 Å². The van der Waals surface area contributed by atoms with E-state index in [0.29, 0.717) is 6.42 Å². The second-order valence-corrected chi connectivity index (χ2v) is 3.14. The van der Waals surface area contributed by atoms with Crippen LogP contribution in [0, 0.1) is 0 Å². The van der Waals surface area contributed by atoms with Gasteiger partial charge in [0.2, 0.25) is 11.8 Å². The van der Waals surface area contributed by atoms with Crippen LogP contribution in [0.5, 0.6) is 0 Å². The minimum Gasteiger partial charge on any atom is -0.379 e. The van der Waals surface area contributed by atoms with Crippen molar-refractivity contribution < 1.29 is 14.7 Å². The first-order chi connectivity index (χ1) is 5.92. The summed E-state index contributed by atoms with van der Waals surface area (Å²) in [6.45, 7) is 1.91. The summed E-state index contributed by atoms with van der Waals surface area (Å²) in [7, 11) is 0. The third-order valence-electron chi connectivity index (χ3n) is 1.87. The number of unbranched alkanes of at least 4 members (excludes halogenated alkanes) is 1. The fourth-order valence-corrected chi connectivity index (χ4v) is 1.06. The van der Waals surface area contributed by atoms with Gasteiger partial charge in [-0.25, -0.2) is 0 Å². The summed E-state index contributed by atoms with van der Waals surface area (Å²) in [5.41, 5.74) is 8.08. The molecule has 0 radical (unpaired) electrons. The molecule has 0 spiro atoms. The van der Waals surface area contributed by atoms with Crippen LogP contribution in [0.4, 0.5) is 0 Å². The highest BCUT2D eigenvalue weighted by Crippen LogP contribution is 2.17. The predicted octanol–water partition coefficient (Wildman–Crippen LogP) is -0.732. The first-order valence-corrected chi connectivity index (χ1v) is 4.23. The molecule has 0 aromatic rings. The van der Waals surface area contributed by atoms with Crippen molar-refractivity contribution >= 4 is 11.8 Å². The lowest BCUT2D eigenvalue weighted by Gasteiger charge is -2.22. The van der Waals surface area contributed by atoms with Gasteiger partial charge in [0.15, 0.2) is 5.60 Å². The number of primary amides is 2. The average Bonchev–Trinajstić information content (AvgIpc) is 1.99. The Morgan fingerprint density at radius 2 is 1.92 bits per heavy atom. The van der Waals surface area contributed by atoms with Crippen molar-refractivity contribution in [1.29, 1.82) is 0 Å². The van der Waals surface area contributed by atoms with Crippen molar-refractivity contribution in [2.75, 3.05) is 0 Å². The second kappa shape index (κ2) is 4.81. The summed E-state index contributed by atoms with van der Waals surface area (Å²) in [6, 6.07) is 0. The monoisotopic (exact) mass is 188 g/mol. The van der Waals surface area contributed by atoms with Crippen molar-refractivity contribution in [1.82, 2.24) is 0 Å². The topological polar surface area (TPSA) is 106 Å². The summed E-state index contributed by atoms with van der Waals surface area (Å²) >= 11 is 0. The Balaban J connectivity index is 4.34. The van der Waals surface area contributed by atoms with E-state index in [1.54, 1.807) is 0 Å². The molecule has 13 heavy (non-hydrogen) atoms. The maximum Gasteiger partial charge on any atom is 0.249 e. The Morgan fingerprint density at radius 3 is 2.23 bits per heavy atom. The molecule has 0 saturated carbocycles. The lowest BCUT2D eigenvalue weighted by molar-refractivity contribution is -0.142. The van der Waals surface area contributed by atoms with Crippen LogP contribution in [0.2, 0.25) is 0 Å². The van der Waals surface area contributed by atoms with Crippen LogP contribution in [0.3, 0.4) is 0 Å². The Bertz CT molecular complexity index is 206. The number of aliphatic hydroxyl groups is 1. The molecule has 0 aromatic heterocycles. The van der Waals surface area contributed by atoms with E-state index >= 15 is 0 Å². The number of hydrogen-bond donors (Lipinski definition) is 3. The molecular formula is C8H16N2O3. The molecule has 0 heterocycles. The van der Waals surface area contributed by atoms with E-state index < -0.39 is 23.8 Å². The second-order valence-electron chi connectivity index (χ2n) is 3.14. The molecule has 0 fully saturated rings. The quantitative estimate of drug-likeness (QED) is 0.511. The van der Waals surface area contributed by atoms with Crippen LogP contribution >= 0.6 is 0 Å². The van der Waals surface area contributed by atoms with Crippen LogP contribution in [0.1, 0.15) is 32.6 Å². The molecule has 0 aromatic carbocycles. The molecular weight excluding hydrogens is 172 g/mol. The third kappa shape index (κ3) is 3.89. The first kappa shape index (κ1) is 11.9. The minimum absolute atomic E-state index is 0.182. The standard InChI is InChI=1S/C8H16N2O3/c1-2-3-4-8(13,7(10)12)5-6(9)11/h13H,2-5H2,1H3,(H2,9,11)(H2,10,12). The van der Waals surface area contributed by atoms with Gasteiger partial charge in [-0.2, -0.15) is 0 Å². The lowest BCUT2D eigenvalue weighted by atomic mass is 9.92. The van der Waals surface area contributed by atoms with Crippen LogP contribution in [0.15, 0.2) is 0 Å². The predicted molar refractivity (Wildman–Crippen MR) is 47.5 cm³/mol. The number of amides is 2. The van der Waals surface area contributed by atoms with Crippen molar-refractivity contribution in [2.24, 2.45) is 11.5 Å². The van der Waals surface area contributed by atoms with E-state index in [1.165, 1.54) is 0 Å². The molecule has 5 nitrogen and oxygen atoms in total. The summed E-state index contributed by atoms with van der Waals surface area (Å²) in [5.74, 6) is -1.61. The smallest absolute Gasteiger partial charge is 0.249 e. The van der Waals surface area contributed by atoms with Gasteiger partial charge in [-0.1, -0.05) is 19.8 Å². The number of rotatable bonds is 6. The van der Waals surface area contributed by atoms with Crippen LogP contribution in [-0.2, 0) is 9.59 Å². The van der Waals surface area contributed by atoms with Gasteiger partial charge in [0.25, 0.3) is 0 Å². The number of carbonyl (C=O) groups excluding carboxylic acids is 2. The van der Waals surface area contributed by atoms with Crippen molar-refractivity contribution in [2.45, 2.75) is 38.2 Å². The van der Waals surface area contributed by atoms with Gasteiger partial charge in [0.05, 0.1) is 6.42 Å². The Morgan fingerprint density at radius 1 is 1.38 bits per heavy atom. The molecule has 0 aliphatic rings. The molecule has 5 heteroatoms. The van der Waals surface area contributed by atoms with E-state index in [4.69, 9.17) is 11.5 Å². The fourth-order valence-electron chi connectivity index (χ4n) is 1.06. The molecule has 0 saturated heterocycles. The normalized spacial score (nSPS) is 14.9. The Labute approximate surface area is 77.1 Å². The van der Waals surface area contributed by atoms with Gasteiger partial charge in [0.1, 0.15) is 0 Å². The summed E-state index contributed by atoms with van der Waals surface area (Å²) < 4.78 is 0. The molecule has 5 N–H and O–H groups in total.